The number of hydrogen-bond acceptors (Lipinski definition) is 5. The maximum absolute atomic E-state index is 13.2. The summed E-state index contributed by atoms with van der Waals surface area (Å²) in [4.78, 5) is 12.0. The van der Waals surface area contributed by atoms with Gasteiger partial charge in [0.05, 0.1) is 17.1 Å². The van der Waals surface area contributed by atoms with Gasteiger partial charge in [0.15, 0.2) is 0 Å². The van der Waals surface area contributed by atoms with Crippen molar-refractivity contribution >= 4 is 23.4 Å². The molecule has 6 nitrogen and oxygen atoms in total. The first-order valence-corrected chi connectivity index (χ1v) is 9.78. The third kappa shape index (κ3) is 4.85. The molecule has 0 aliphatic heterocycles. The minimum absolute atomic E-state index is 0.156. The smallest absolute Gasteiger partial charge is 0.234 e. The van der Waals surface area contributed by atoms with Crippen LogP contribution in [0.3, 0.4) is 0 Å². The maximum atomic E-state index is 13.2. The first kappa shape index (κ1) is 18.8. The average molecular weight is 405 g/mol. The molecule has 2 aromatic heterocycles. The van der Waals surface area contributed by atoms with Gasteiger partial charge in [-0.3, -0.25) is 4.79 Å². The van der Waals surface area contributed by atoms with Crippen LogP contribution in [0.5, 0.6) is 0 Å². The van der Waals surface area contributed by atoms with Gasteiger partial charge in [-0.2, -0.15) is 5.10 Å². The Morgan fingerprint density at radius 3 is 2.59 bits per heavy atom. The van der Waals surface area contributed by atoms with Gasteiger partial charge in [0, 0.05) is 23.6 Å². The lowest BCUT2D eigenvalue weighted by atomic mass is 10.1. The molecule has 0 aliphatic carbocycles. The number of benzene rings is 2. The number of anilines is 1. The fourth-order valence-electron chi connectivity index (χ4n) is 2.66. The highest BCUT2D eigenvalue weighted by Gasteiger charge is 2.07. The molecule has 1 amide bonds. The van der Waals surface area contributed by atoms with Crippen molar-refractivity contribution in [2.24, 2.45) is 0 Å². The molecular formula is C21H16FN5OS. The molecule has 0 fully saturated rings. The summed E-state index contributed by atoms with van der Waals surface area (Å²) >= 11 is 1.27. The Kier molecular flexibility index (Phi) is 5.62. The summed E-state index contributed by atoms with van der Waals surface area (Å²) in [5.41, 5.74) is 3.07. The molecule has 144 valence electrons. The largest absolute Gasteiger partial charge is 0.325 e. The number of carbonyl (C=O) groups excluding carboxylic acids is 1. The van der Waals surface area contributed by atoms with E-state index < -0.39 is 5.82 Å². The summed E-state index contributed by atoms with van der Waals surface area (Å²) < 4.78 is 14.9. The van der Waals surface area contributed by atoms with Gasteiger partial charge in [0.1, 0.15) is 10.8 Å². The van der Waals surface area contributed by atoms with E-state index in [4.69, 9.17) is 0 Å². The van der Waals surface area contributed by atoms with E-state index in [1.54, 1.807) is 23.0 Å². The average Bonchev–Trinajstić information content (AvgIpc) is 3.28. The normalized spacial score (nSPS) is 10.7. The van der Waals surface area contributed by atoms with E-state index in [0.29, 0.717) is 10.7 Å². The maximum Gasteiger partial charge on any atom is 0.234 e. The van der Waals surface area contributed by atoms with E-state index in [2.05, 4.69) is 20.6 Å². The van der Waals surface area contributed by atoms with Crippen molar-refractivity contribution < 1.29 is 9.18 Å². The van der Waals surface area contributed by atoms with Crippen LogP contribution >= 0.6 is 11.8 Å². The highest BCUT2D eigenvalue weighted by molar-refractivity contribution is 7.99. The molecule has 1 N–H and O–H groups in total. The zero-order valence-electron chi connectivity index (χ0n) is 15.2. The third-order valence-electron chi connectivity index (χ3n) is 4.03. The van der Waals surface area contributed by atoms with Gasteiger partial charge in [-0.15, -0.1) is 10.2 Å². The number of hydrogen-bond donors (Lipinski definition) is 1. The second-order valence-electron chi connectivity index (χ2n) is 6.10. The molecule has 0 atom stereocenters. The molecular weight excluding hydrogens is 389 g/mol. The van der Waals surface area contributed by atoms with E-state index in [9.17, 15) is 9.18 Å². The molecule has 2 heterocycles. The number of carbonyl (C=O) groups is 1. The molecule has 0 bridgehead atoms. The zero-order chi connectivity index (χ0) is 20.1. The van der Waals surface area contributed by atoms with Crippen LogP contribution in [0.4, 0.5) is 10.1 Å². The quantitative estimate of drug-likeness (QED) is 0.487. The van der Waals surface area contributed by atoms with Crippen molar-refractivity contribution in [3.8, 4) is 16.9 Å². The van der Waals surface area contributed by atoms with Gasteiger partial charge in [0.25, 0.3) is 0 Å². The number of halogens is 1. The molecule has 0 aliphatic rings. The SMILES string of the molecule is O=C(CSc1ccc(-c2ccc(-n3cccn3)cc2)nn1)Nc1cccc(F)c1. The molecule has 4 rings (SSSR count). The van der Waals surface area contributed by atoms with Crippen LogP contribution in [0.25, 0.3) is 16.9 Å². The van der Waals surface area contributed by atoms with E-state index in [1.807, 2.05) is 48.7 Å². The summed E-state index contributed by atoms with van der Waals surface area (Å²) in [6, 6.07) is 19.2. The van der Waals surface area contributed by atoms with Gasteiger partial charge in [-0.1, -0.05) is 30.0 Å². The van der Waals surface area contributed by atoms with Crippen molar-refractivity contribution in [2.45, 2.75) is 5.03 Å². The van der Waals surface area contributed by atoms with Crippen molar-refractivity contribution in [1.29, 1.82) is 0 Å². The molecule has 0 radical (unpaired) electrons. The number of aromatic nitrogens is 4. The van der Waals surface area contributed by atoms with Crippen LogP contribution in [-0.2, 0) is 4.79 Å². The minimum atomic E-state index is -0.394. The van der Waals surface area contributed by atoms with Crippen LogP contribution in [0.15, 0.2) is 84.1 Å². The summed E-state index contributed by atoms with van der Waals surface area (Å²) in [6.07, 6.45) is 3.61. The summed E-state index contributed by atoms with van der Waals surface area (Å²) in [6.45, 7) is 0. The van der Waals surface area contributed by atoms with E-state index in [0.717, 1.165) is 16.9 Å². The molecule has 0 saturated carbocycles. The van der Waals surface area contributed by atoms with E-state index in [1.165, 1.54) is 23.9 Å². The number of amides is 1. The highest BCUT2D eigenvalue weighted by atomic mass is 32.2. The van der Waals surface area contributed by atoms with Gasteiger partial charge in [-0.25, -0.2) is 9.07 Å². The molecule has 2 aromatic carbocycles. The molecule has 0 saturated heterocycles. The van der Waals surface area contributed by atoms with Gasteiger partial charge in [0.2, 0.25) is 5.91 Å². The lowest BCUT2D eigenvalue weighted by Crippen LogP contribution is -2.14. The Bertz CT molecular complexity index is 1100. The lowest BCUT2D eigenvalue weighted by molar-refractivity contribution is -0.113. The predicted octanol–water partition coefficient (Wildman–Crippen LogP) is 4.20. The lowest BCUT2D eigenvalue weighted by Gasteiger charge is -2.06. The van der Waals surface area contributed by atoms with E-state index in [-0.39, 0.29) is 11.7 Å². The monoisotopic (exact) mass is 405 g/mol. The number of rotatable bonds is 6. The molecule has 29 heavy (non-hydrogen) atoms. The fraction of sp³-hybridized carbons (Fsp3) is 0.0476. The Morgan fingerprint density at radius 1 is 1.03 bits per heavy atom. The van der Waals surface area contributed by atoms with Crippen LogP contribution in [-0.4, -0.2) is 31.6 Å². The summed E-state index contributed by atoms with van der Waals surface area (Å²) in [5, 5.41) is 15.9. The number of thioether (sulfide) groups is 1. The highest BCUT2D eigenvalue weighted by Crippen LogP contribution is 2.21. The van der Waals surface area contributed by atoms with Crippen LogP contribution in [0, 0.1) is 5.82 Å². The van der Waals surface area contributed by atoms with Crippen molar-refractivity contribution in [2.75, 3.05) is 11.1 Å². The van der Waals surface area contributed by atoms with Crippen LogP contribution in [0.1, 0.15) is 0 Å². The molecule has 8 heteroatoms. The first-order valence-electron chi connectivity index (χ1n) is 8.80. The topological polar surface area (TPSA) is 72.7 Å². The first-order chi connectivity index (χ1) is 14.2. The van der Waals surface area contributed by atoms with Crippen LogP contribution < -0.4 is 5.32 Å². The second-order valence-corrected chi connectivity index (χ2v) is 7.10. The number of nitrogens with one attached hydrogen (secondary N) is 1. The van der Waals surface area contributed by atoms with Gasteiger partial charge < -0.3 is 5.32 Å². The fourth-order valence-corrected chi connectivity index (χ4v) is 3.27. The molecule has 0 spiro atoms. The predicted molar refractivity (Wildman–Crippen MR) is 110 cm³/mol. The van der Waals surface area contributed by atoms with Crippen LogP contribution in [0.2, 0.25) is 0 Å². The Balaban J connectivity index is 1.35. The second kappa shape index (κ2) is 8.66. The van der Waals surface area contributed by atoms with Crippen molar-refractivity contribution in [3.05, 3.63) is 84.9 Å². The summed E-state index contributed by atoms with van der Waals surface area (Å²) in [5.74, 6) is -0.474. The zero-order valence-corrected chi connectivity index (χ0v) is 16.0. The summed E-state index contributed by atoms with van der Waals surface area (Å²) in [7, 11) is 0. The van der Waals surface area contributed by atoms with Crippen molar-refractivity contribution in [3.63, 3.8) is 0 Å². The standard InChI is InChI=1S/C21H16FN5OS/c22-16-3-1-4-17(13-16)24-20(28)14-29-21-10-9-19(25-26-21)15-5-7-18(8-6-15)27-12-2-11-23-27/h1-13H,14H2,(H,24,28). The number of nitrogens with zero attached hydrogens (tertiary/aromatic N) is 4. The third-order valence-corrected chi connectivity index (χ3v) is 4.95. The van der Waals surface area contributed by atoms with Gasteiger partial charge >= 0.3 is 0 Å². The van der Waals surface area contributed by atoms with E-state index >= 15 is 0 Å². The van der Waals surface area contributed by atoms with Crippen molar-refractivity contribution in [1.82, 2.24) is 20.0 Å². The van der Waals surface area contributed by atoms with Gasteiger partial charge in [-0.05, 0) is 48.5 Å². The Labute approximate surface area is 170 Å². The molecule has 4 aromatic rings. The molecule has 0 unspecified atom stereocenters. The Hall–Kier alpha value is -3.52. The Morgan fingerprint density at radius 2 is 1.90 bits per heavy atom. The minimum Gasteiger partial charge on any atom is -0.325 e.